The maximum absolute atomic E-state index is 3.89. The van der Waals surface area contributed by atoms with E-state index in [0.29, 0.717) is 0 Å². The number of hydrogen-bond acceptors (Lipinski definition) is 0. The van der Waals surface area contributed by atoms with Gasteiger partial charge in [-0.1, -0.05) is 129 Å². The summed E-state index contributed by atoms with van der Waals surface area (Å²) in [5, 5.41) is 0. The molecule has 0 bridgehead atoms. The lowest BCUT2D eigenvalue weighted by Gasteiger charge is -2.38. The van der Waals surface area contributed by atoms with E-state index >= 15 is 0 Å². The van der Waals surface area contributed by atoms with Crippen LogP contribution in [0.3, 0.4) is 0 Å². The molecule has 0 saturated heterocycles. The van der Waals surface area contributed by atoms with E-state index in [9.17, 15) is 0 Å². The Hall–Kier alpha value is -0.260. The highest BCUT2D eigenvalue weighted by molar-refractivity contribution is 4.82. The molecule has 0 heteroatoms. The van der Waals surface area contributed by atoms with Crippen LogP contribution in [0.25, 0.3) is 0 Å². The first-order valence-corrected chi connectivity index (χ1v) is 15.9. The Balaban J connectivity index is 1.17. The molecule has 3 fully saturated rings. The van der Waals surface area contributed by atoms with Crippen molar-refractivity contribution in [1.29, 1.82) is 0 Å². The Labute approximate surface area is 209 Å². The Bertz CT molecular complexity index is 468. The lowest BCUT2D eigenvalue weighted by Crippen LogP contribution is -2.26. The fourth-order valence-corrected chi connectivity index (χ4v) is 7.96. The molecule has 0 aromatic heterocycles. The molecule has 3 aliphatic rings. The number of hydrogen-bond donors (Lipinski definition) is 0. The fraction of sp³-hybridized carbons (Fsp3) is 0.939. The highest BCUT2D eigenvalue weighted by atomic mass is 14.4. The summed E-state index contributed by atoms with van der Waals surface area (Å²) in [5.74, 6) is 6.44. The molecular formula is C33H60. The largest absolute Gasteiger partial charge is 0.103 e. The third-order valence-corrected chi connectivity index (χ3v) is 10.4. The maximum Gasteiger partial charge on any atom is -0.0351 e. The minimum atomic E-state index is 1.01. The highest BCUT2D eigenvalue weighted by Gasteiger charge is 2.30. The Morgan fingerprint density at radius 3 is 1.27 bits per heavy atom. The van der Waals surface area contributed by atoms with Crippen molar-refractivity contribution in [3.05, 3.63) is 12.7 Å². The summed E-state index contributed by atoms with van der Waals surface area (Å²) >= 11 is 0. The Morgan fingerprint density at radius 1 is 0.485 bits per heavy atom. The molecule has 0 radical (unpaired) electrons. The number of unbranched alkanes of at least 4 members (excludes halogenated alkanes) is 5. The van der Waals surface area contributed by atoms with E-state index < -0.39 is 0 Å². The molecule has 3 aliphatic carbocycles. The van der Waals surface area contributed by atoms with Gasteiger partial charge in [-0.25, -0.2) is 0 Å². The van der Waals surface area contributed by atoms with Crippen molar-refractivity contribution >= 4 is 0 Å². The third-order valence-electron chi connectivity index (χ3n) is 10.4. The van der Waals surface area contributed by atoms with Gasteiger partial charge in [0.2, 0.25) is 0 Å². The van der Waals surface area contributed by atoms with Crippen LogP contribution in [-0.4, -0.2) is 0 Å². The van der Waals surface area contributed by atoms with Crippen molar-refractivity contribution in [3.63, 3.8) is 0 Å². The van der Waals surface area contributed by atoms with E-state index in [-0.39, 0.29) is 0 Å². The van der Waals surface area contributed by atoms with Gasteiger partial charge in [0.25, 0.3) is 0 Å². The van der Waals surface area contributed by atoms with Crippen molar-refractivity contribution in [3.8, 4) is 0 Å². The number of allylic oxidation sites excluding steroid dienone is 1. The first kappa shape index (κ1) is 27.3. The standard InChI is InChI=1S/C33H60/c1-3-5-7-8-9-13-30-20-24-32(25-21-30)33-26-22-31(23-27-33)15-11-10-14-29-18-16-28(17-19-29)12-6-4-2/h4,28-33H,2-3,5-27H2,1H3/t28-,29-,30-,31-,32-,33-. The molecule has 0 heterocycles. The van der Waals surface area contributed by atoms with Crippen LogP contribution in [0.5, 0.6) is 0 Å². The summed E-state index contributed by atoms with van der Waals surface area (Å²) in [6.07, 6.45) is 38.3. The second-order valence-corrected chi connectivity index (χ2v) is 12.8. The van der Waals surface area contributed by atoms with Crippen LogP contribution in [0.1, 0.15) is 161 Å². The molecular weight excluding hydrogens is 396 g/mol. The SMILES string of the molecule is C=CCC[C@H]1CC[C@H](CCCC[C@H]2CC[C@H]([C@H]3CC[C@H](CCCCCCC)CC3)CC2)CC1. The van der Waals surface area contributed by atoms with Gasteiger partial charge >= 0.3 is 0 Å². The van der Waals surface area contributed by atoms with Gasteiger partial charge in [0.1, 0.15) is 0 Å². The predicted molar refractivity (Wildman–Crippen MR) is 148 cm³/mol. The van der Waals surface area contributed by atoms with Gasteiger partial charge in [-0.3, -0.25) is 0 Å². The molecule has 0 atom stereocenters. The van der Waals surface area contributed by atoms with E-state index in [1.54, 1.807) is 64.2 Å². The summed E-state index contributed by atoms with van der Waals surface area (Å²) in [6.45, 7) is 6.22. The molecule has 0 aromatic carbocycles. The third kappa shape index (κ3) is 10.5. The highest BCUT2D eigenvalue weighted by Crippen LogP contribution is 2.43. The van der Waals surface area contributed by atoms with Crippen LogP contribution in [0, 0.1) is 35.5 Å². The van der Waals surface area contributed by atoms with Crippen molar-refractivity contribution in [2.75, 3.05) is 0 Å². The van der Waals surface area contributed by atoms with E-state index in [1.165, 1.54) is 89.9 Å². The molecule has 192 valence electrons. The van der Waals surface area contributed by atoms with Gasteiger partial charge < -0.3 is 0 Å². The lowest BCUT2D eigenvalue weighted by molar-refractivity contribution is 0.139. The van der Waals surface area contributed by atoms with Crippen molar-refractivity contribution in [2.45, 2.75) is 161 Å². The molecule has 0 aromatic rings. The first-order valence-electron chi connectivity index (χ1n) is 15.9. The fourth-order valence-electron chi connectivity index (χ4n) is 7.96. The normalized spacial score (nSPS) is 33.1. The van der Waals surface area contributed by atoms with Crippen LogP contribution in [0.4, 0.5) is 0 Å². The minimum absolute atomic E-state index is 1.01. The zero-order valence-electron chi connectivity index (χ0n) is 22.7. The van der Waals surface area contributed by atoms with E-state index in [0.717, 1.165) is 35.5 Å². The van der Waals surface area contributed by atoms with Gasteiger partial charge in [0, 0.05) is 0 Å². The Morgan fingerprint density at radius 2 is 0.848 bits per heavy atom. The molecule has 0 spiro atoms. The minimum Gasteiger partial charge on any atom is -0.103 e. The van der Waals surface area contributed by atoms with Crippen molar-refractivity contribution < 1.29 is 0 Å². The smallest absolute Gasteiger partial charge is 0.0351 e. The molecule has 3 rings (SSSR count). The molecule has 0 amide bonds. The summed E-state index contributed by atoms with van der Waals surface area (Å²) in [5.41, 5.74) is 0. The first-order chi connectivity index (χ1) is 16.3. The predicted octanol–water partition coefficient (Wildman–Crippen LogP) is 11.3. The van der Waals surface area contributed by atoms with Crippen molar-refractivity contribution in [1.82, 2.24) is 0 Å². The molecule has 0 aliphatic heterocycles. The number of rotatable bonds is 15. The van der Waals surface area contributed by atoms with Crippen LogP contribution in [0.2, 0.25) is 0 Å². The Kier molecular flexibility index (Phi) is 13.6. The van der Waals surface area contributed by atoms with Gasteiger partial charge in [-0.05, 0) is 74.0 Å². The van der Waals surface area contributed by atoms with E-state index in [1.807, 2.05) is 0 Å². The average molecular weight is 457 g/mol. The summed E-state index contributed by atoms with van der Waals surface area (Å²) in [4.78, 5) is 0. The van der Waals surface area contributed by atoms with Gasteiger partial charge in [-0.15, -0.1) is 6.58 Å². The van der Waals surface area contributed by atoms with Crippen LogP contribution < -0.4 is 0 Å². The van der Waals surface area contributed by atoms with Gasteiger partial charge in [-0.2, -0.15) is 0 Å². The topological polar surface area (TPSA) is 0 Å². The summed E-state index contributed by atoms with van der Waals surface area (Å²) in [6, 6.07) is 0. The molecule has 0 unspecified atom stereocenters. The molecule has 0 N–H and O–H groups in total. The summed E-state index contributed by atoms with van der Waals surface area (Å²) < 4.78 is 0. The van der Waals surface area contributed by atoms with Crippen LogP contribution >= 0.6 is 0 Å². The molecule has 3 saturated carbocycles. The molecule has 33 heavy (non-hydrogen) atoms. The van der Waals surface area contributed by atoms with E-state index in [4.69, 9.17) is 0 Å². The summed E-state index contributed by atoms with van der Waals surface area (Å²) in [7, 11) is 0. The maximum atomic E-state index is 3.89. The van der Waals surface area contributed by atoms with Gasteiger partial charge in [0.05, 0.1) is 0 Å². The van der Waals surface area contributed by atoms with Gasteiger partial charge in [0.15, 0.2) is 0 Å². The quantitative estimate of drug-likeness (QED) is 0.170. The van der Waals surface area contributed by atoms with Crippen LogP contribution in [0.15, 0.2) is 12.7 Å². The van der Waals surface area contributed by atoms with Crippen molar-refractivity contribution in [2.24, 2.45) is 35.5 Å². The van der Waals surface area contributed by atoms with E-state index in [2.05, 4.69) is 19.6 Å². The second-order valence-electron chi connectivity index (χ2n) is 12.8. The average Bonchev–Trinajstić information content (AvgIpc) is 2.87. The monoisotopic (exact) mass is 456 g/mol. The molecule has 0 nitrogen and oxygen atoms in total. The van der Waals surface area contributed by atoms with Crippen LogP contribution in [-0.2, 0) is 0 Å². The second kappa shape index (κ2) is 16.4. The zero-order valence-corrected chi connectivity index (χ0v) is 22.7. The zero-order chi connectivity index (χ0) is 23.1. The lowest BCUT2D eigenvalue weighted by atomic mass is 9.68.